The number of alkyl halides is 2. The number of piperidine rings is 1. The van der Waals surface area contributed by atoms with E-state index in [1.807, 2.05) is 68.4 Å². The van der Waals surface area contributed by atoms with Crippen LogP contribution < -0.4 is 20.9 Å². The van der Waals surface area contributed by atoms with Gasteiger partial charge in [0.1, 0.15) is 12.1 Å². The van der Waals surface area contributed by atoms with Crippen molar-refractivity contribution >= 4 is 52.5 Å². The van der Waals surface area contributed by atoms with Gasteiger partial charge in [0.2, 0.25) is 23.6 Å². The lowest BCUT2D eigenvalue weighted by Gasteiger charge is -2.35. The highest BCUT2D eigenvalue weighted by Crippen LogP contribution is 2.44. The van der Waals surface area contributed by atoms with E-state index in [4.69, 9.17) is 5.10 Å². The number of aryl methyl sites for hydroxylation is 3. The number of aliphatic hydroxyl groups is 1. The van der Waals surface area contributed by atoms with Crippen molar-refractivity contribution in [1.82, 2.24) is 55.2 Å². The number of aromatic nitrogens is 5. The van der Waals surface area contributed by atoms with E-state index < -0.39 is 35.9 Å². The van der Waals surface area contributed by atoms with Crippen molar-refractivity contribution in [3.63, 3.8) is 0 Å². The zero-order valence-electron chi connectivity index (χ0n) is 46.4. The summed E-state index contributed by atoms with van der Waals surface area (Å²) in [5, 5.41) is 28.8. The standard InChI is InChI=1S/C58H76F2N12O6S/c1-36-51(79-35-63-36)38-18-16-37(17-19-38)30-62-55(76)48-28-42(73)33-71(48)56(77)52(58(2,3)4)65-49(74)14-10-8-7-9-11-15-50(75)68-24-20-41(21-25-68)72-46-22-26-69(57(78)61-5)34-45(46)54(66-72)70-23-12-13-39-27-43(40-31-64-67(6)32-40)44(53(59)60)29-47(39)70/h16-19,27,29,31-32,35,41-42,48,52-53,73H,7-15,20-26,28,30,33-34H2,1-6H3,(H,61,78)(H,62,76)(H,65,74)/t42-,48+,52-/m1/s1. The summed E-state index contributed by atoms with van der Waals surface area (Å²) in [5.74, 6) is -0.202. The number of carbonyl (C=O) groups is 5. The number of hydrogen-bond acceptors (Lipinski definition) is 11. The van der Waals surface area contributed by atoms with Gasteiger partial charge in [0.15, 0.2) is 5.82 Å². The molecule has 5 aromatic rings. The highest BCUT2D eigenvalue weighted by Gasteiger charge is 2.45. The first kappa shape index (κ1) is 57.0. The summed E-state index contributed by atoms with van der Waals surface area (Å²) in [6.45, 7) is 10.5. The van der Waals surface area contributed by atoms with Gasteiger partial charge < -0.3 is 40.7 Å². The second-order valence-corrected chi connectivity index (χ2v) is 23.6. The summed E-state index contributed by atoms with van der Waals surface area (Å²) < 4.78 is 33.3. The molecule has 79 heavy (non-hydrogen) atoms. The number of hydrogen-bond donors (Lipinski definition) is 4. The number of anilines is 2. The SMILES string of the molecule is CNC(=O)N1CCc2c(c(N3CCCc4cc(-c5cnn(C)c5)c(C(F)F)cc43)nn2C2CCN(C(=O)CCCCCCCC(=O)N[C@H](C(=O)N3C[C@H](O)C[C@H]3C(=O)NCc3ccc(-c4scnc4C)cc3)C(C)(C)C)CC2)C1. The van der Waals surface area contributed by atoms with Gasteiger partial charge in [0, 0.05) is 113 Å². The summed E-state index contributed by atoms with van der Waals surface area (Å²) >= 11 is 1.57. The van der Waals surface area contributed by atoms with Gasteiger partial charge in [-0.25, -0.2) is 18.6 Å². The van der Waals surface area contributed by atoms with Gasteiger partial charge in [0.25, 0.3) is 6.43 Å². The monoisotopic (exact) mass is 1110 g/mol. The van der Waals surface area contributed by atoms with Crippen LogP contribution >= 0.6 is 11.3 Å². The van der Waals surface area contributed by atoms with Crippen LogP contribution in [0.25, 0.3) is 21.6 Å². The molecule has 0 radical (unpaired) electrons. The second kappa shape index (κ2) is 24.7. The molecule has 0 saturated carbocycles. The fourth-order valence-electron chi connectivity index (χ4n) is 11.8. The number of thiazole rings is 1. The topological polar surface area (TPSA) is 203 Å². The Morgan fingerprint density at radius 3 is 2.32 bits per heavy atom. The third-order valence-corrected chi connectivity index (χ3v) is 17.1. The van der Waals surface area contributed by atoms with Crippen molar-refractivity contribution in [2.45, 2.75) is 155 Å². The molecule has 9 rings (SSSR count). The molecule has 0 spiro atoms. The lowest BCUT2D eigenvalue weighted by Crippen LogP contribution is -2.57. The van der Waals surface area contributed by atoms with Gasteiger partial charge in [-0.05, 0) is 85.3 Å². The molecular formula is C58H76F2N12O6S. The van der Waals surface area contributed by atoms with Crippen LogP contribution in [0.15, 0.2) is 54.3 Å². The average molecular weight is 1110 g/mol. The second-order valence-electron chi connectivity index (χ2n) is 22.8. The maximum atomic E-state index is 14.8. The van der Waals surface area contributed by atoms with Crippen LogP contribution in [0.2, 0.25) is 0 Å². The normalized spacial score (nSPS) is 18.2. The van der Waals surface area contributed by atoms with E-state index in [9.17, 15) is 37.9 Å². The Balaban J connectivity index is 0.733. The van der Waals surface area contributed by atoms with Gasteiger partial charge >= 0.3 is 6.03 Å². The largest absolute Gasteiger partial charge is 0.391 e. The molecule has 0 unspecified atom stereocenters. The fourth-order valence-corrected chi connectivity index (χ4v) is 12.6. The zero-order valence-corrected chi connectivity index (χ0v) is 47.2. The molecule has 2 aromatic carbocycles. The number of benzene rings is 2. The number of unbranched alkanes of at least 4 members (excludes halogenated alkanes) is 4. The Morgan fingerprint density at radius 1 is 0.911 bits per heavy atom. The predicted octanol–water partition coefficient (Wildman–Crippen LogP) is 8.14. The molecular weight excluding hydrogens is 1030 g/mol. The Bertz CT molecular complexity index is 3000. The third-order valence-electron chi connectivity index (χ3n) is 16.1. The number of fused-ring (bicyclic) bond motifs is 2. The van der Waals surface area contributed by atoms with Gasteiger partial charge in [-0.3, -0.25) is 28.5 Å². The van der Waals surface area contributed by atoms with Crippen LogP contribution in [0.3, 0.4) is 0 Å². The Labute approximate surface area is 465 Å². The first-order valence-corrected chi connectivity index (χ1v) is 28.9. The minimum absolute atomic E-state index is 0.000167. The van der Waals surface area contributed by atoms with Crippen LogP contribution in [0, 0.1) is 12.3 Å². The molecule has 0 bridgehead atoms. The van der Waals surface area contributed by atoms with Crippen molar-refractivity contribution in [3.8, 4) is 21.6 Å². The van der Waals surface area contributed by atoms with Crippen molar-refractivity contribution < 1.29 is 37.9 Å². The molecule has 3 atom stereocenters. The van der Waals surface area contributed by atoms with E-state index in [1.54, 1.807) is 53.5 Å². The van der Waals surface area contributed by atoms with E-state index in [0.717, 1.165) is 77.0 Å². The molecule has 3 aromatic heterocycles. The van der Waals surface area contributed by atoms with Crippen LogP contribution in [0.5, 0.6) is 0 Å². The van der Waals surface area contributed by atoms with Crippen molar-refractivity contribution in [2.75, 3.05) is 44.7 Å². The number of urea groups is 1. The lowest BCUT2D eigenvalue weighted by molar-refractivity contribution is -0.144. The number of amides is 6. The van der Waals surface area contributed by atoms with E-state index in [2.05, 4.69) is 35.6 Å². The van der Waals surface area contributed by atoms with Gasteiger partial charge in [0.05, 0.1) is 41.0 Å². The molecule has 2 saturated heterocycles. The number of β-amino-alcohol motifs (C(OH)–C–C–N with tert-alkyl or cyclic N) is 1. The van der Waals surface area contributed by atoms with Crippen LogP contribution in [0.4, 0.5) is 25.1 Å². The number of halogens is 2. The molecule has 7 heterocycles. The lowest BCUT2D eigenvalue weighted by atomic mass is 9.85. The highest BCUT2D eigenvalue weighted by molar-refractivity contribution is 7.13. The first-order chi connectivity index (χ1) is 37.9. The van der Waals surface area contributed by atoms with E-state index in [1.165, 1.54) is 4.90 Å². The van der Waals surface area contributed by atoms with Crippen molar-refractivity contribution in [2.24, 2.45) is 12.5 Å². The maximum absolute atomic E-state index is 14.8. The quantitative estimate of drug-likeness (QED) is 0.0621. The number of likely N-dealkylation sites (tertiary alicyclic amines) is 2. The predicted molar refractivity (Wildman–Crippen MR) is 299 cm³/mol. The summed E-state index contributed by atoms with van der Waals surface area (Å²) in [4.78, 5) is 80.1. The Hall–Kier alpha value is -6.74. The minimum atomic E-state index is -2.70. The van der Waals surface area contributed by atoms with Gasteiger partial charge in [-0.1, -0.05) is 64.3 Å². The molecule has 0 aliphatic carbocycles. The summed E-state index contributed by atoms with van der Waals surface area (Å²) in [6, 6.07) is 9.45. The number of rotatable bonds is 18. The molecule has 6 amide bonds. The third kappa shape index (κ3) is 13.0. The number of nitrogens with zero attached hydrogens (tertiary/aromatic N) is 9. The molecule has 2 fully saturated rings. The smallest absolute Gasteiger partial charge is 0.317 e. The fraction of sp³-hybridized carbons (Fsp3) is 0.552. The zero-order chi connectivity index (χ0) is 56.1. The van der Waals surface area contributed by atoms with Crippen molar-refractivity contribution in [1.29, 1.82) is 0 Å². The Kier molecular flexibility index (Phi) is 17.8. The Morgan fingerprint density at radius 2 is 1.65 bits per heavy atom. The summed E-state index contributed by atoms with van der Waals surface area (Å²) in [5.41, 5.74) is 8.75. The van der Waals surface area contributed by atoms with E-state index in [-0.39, 0.29) is 61.3 Å². The van der Waals surface area contributed by atoms with Gasteiger partial charge in [-0.15, -0.1) is 11.3 Å². The van der Waals surface area contributed by atoms with E-state index in [0.29, 0.717) is 87.5 Å². The van der Waals surface area contributed by atoms with Crippen LogP contribution in [0.1, 0.15) is 138 Å². The number of carbonyl (C=O) groups excluding carboxylic acids is 5. The van der Waals surface area contributed by atoms with Crippen molar-refractivity contribution in [3.05, 3.63) is 87.9 Å². The molecule has 424 valence electrons. The molecule has 4 N–H and O–H groups in total. The first-order valence-electron chi connectivity index (χ1n) is 28.0. The minimum Gasteiger partial charge on any atom is -0.391 e. The highest BCUT2D eigenvalue weighted by atomic mass is 32.1. The number of nitrogens with one attached hydrogen (secondary N) is 3. The average Bonchev–Trinajstić information content (AvgIpc) is 4.45. The van der Waals surface area contributed by atoms with Crippen LogP contribution in [-0.4, -0.2) is 132 Å². The van der Waals surface area contributed by atoms with E-state index >= 15 is 0 Å². The molecule has 4 aliphatic heterocycles. The van der Waals surface area contributed by atoms with Crippen LogP contribution in [-0.2, 0) is 52.2 Å². The molecule has 18 nitrogen and oxygen atoms in total. The molecule has 4 aliphatic rings. The number of aliphatic hydroxyl groups excluding tert-OH is 1. The molecule has 21 heteroatoms. The summed E-state index contributed by atoms with van der Waals surface area (Å²) in [6.07, 6.45) is 7.94. The van der Waals surface area contributed by atoms with Gasteiger partial charge in [-0.2, -0.15) is 10.2 Å². The summed E-state index contributed by atoms with van der Waals surface area (Å²) in [7, 11) is 3.38. The maximum Gasteiger partial charge on any atom is 0.317 e.